The minimum absolute atomic E-state index is 0.0603. The number of pyridine rings is 1. The number of carboxylic acid groups (broad SMARTS) is 1. The van der Waals surface area contributed by atoms with Crippen molar-refractivity contribution in [3.8, 4) is 11.5 Å². The lowest BCUT2D eigenvalue weighted by Crippen LogP contribution is -2.48. The van der Waals surface area contributed by atoms with Crippen LogP contribution in [0, 0.1) is 0 Å². The van der Waals surface area contributed by atoms with Crippen LogP contribution >= 0.6 is 11.3 Å². The molecule has 13 heteroatoms. The zero-order valence-corrected chi connectivity index (χ0v) is 19.0. The Morgan fingerprint density at radius 1 is 1.29 bits per heavy atom. The van der Waals surface area contributed by atoms with E-state index in [4.69, 9.17) is 9.90 Å². The molecule has 1 aliphatic heterocycles. The highest BCUT2D eigenvalue weighted by Gasteiger charge is 2.38. The van der Waals surface area contributed by atoms with Crippen LogP contribution in [0.1, 0.15) is 12.8 Å². The van der Waals surface area contributed by atoms with Crippen LogP contribution in [0.15, 0.2) is 35.8 Å². The molecule has 1 atom stereocenters. The number of carbonyl (C=O) groups excluding carboxylic acids is 1. The van der Waals surface area contributed by atoms with Crippen LogP contribution in [0.5, 0.6) is 0 Å². The molecule has 1 amide bonds. The molecule has 1 unspecified atom stereocenters. The molecular weight excluding hydrogens is 473 g/mol. The second kappa shape index (κ2) is 11.2. The zero-order valence-electron chi connectivity index (χ0n) is 18.2. The Labute approximate surface area is 197 Å². The topological polar surface area (TPSA) is 120 Å². The second-order valence-corrected chi connectivity index (χ2v) is 8.31. The maximum Gasteiger partial charge on any atom is 0.490 e. The summed E-state index contributed by atoms with van der Waals surface area (Å²) >= 11 is 1.55. The lowest BCUT2D eigenvalue weighted by Gasteiger charge is -2.31. The first-order valence-corrected chi connectivity index (χ1v) is 11.2. The Hall–Kier alpha value is -3.32. The van der Waals surface area contributed by atoms with Gasteiger partial charge in [0, 0.05) is 25.8 Å². The van der Waals surface area contributed by atoms with E-state index in [0.717, 1.165) is 36.1 Å². The largest absolute Gasteiger partial charge is 0.490 e. The Kier molecular flexibility index (Phi) is 8.34. The van der Waals surface area contributed by atoms with Gasteiger partial charge in [0.2, 0.25) is 5.91 Å². The number of piperidine rings is 1. The van der Waals surface area contributed by atoms with E-state index in [1.54, 1.807) is 17.5 Å². The summed E-state index contributed by atoms with van der Waals surface area (Å²) in [5.74, 6) is -1.46. The first-order valence-electron chi connectivity index (χ1n) is 10.3. The van der Waals surface area contributed by atoms with E-state index in [9.17, 15) is 18.0 Å². The number of aliphatic carboxylic acids is 1. The Bertz CT molecular complexity index is 1120. The van der Waals surface area contributed by atoms with Crippen molar-refractivity contribution in [2.45, 2.75) is 25.1 Å². The molecule has 3 aromatic heterocycles. The summed E-state index contributed by atoms with van der Waals surface area (Å²) in [5.41, 5.74) is 0.715. The molecule has 1 aliphatic rings. The average molecular weight is 497 g/mol. The number of nitrogens with zero attached hydrogens (tertiary/aromatic N) is 4. The lowest BCUT2D eigenvalue weighted by molar-refractivity contribution is -0.192. The van der Waals surface area contributed by atoms with Crippen LogP contribution in [0.2, 0.25) is 0 Å². The summed E-state index contributed by atoms with van der Waals surface area (Å²) in [4.78, 5) is 37.8. The first-order chi connectivity index (χ1) is 16.2. The first kappa shape index (κ1) is 25.3. The van der Waals surface area contributed by atoms with Gasteiger partial charge in [0.05, 0.1) is 11.9 Å². The number of hydrogen-bond acceptors (Lipinski definition) is 8. The van der Waals surface area contributed by atoms with E-state index in [-0.39, 0.29) is 18.5 Å². The number of fused-ring (bicyclic) bond motifs is 1. The molecule has 3 aromatic rings. The molecule has 1 saturated heterocycles. The maximum absolute atomic E-state index is 12.6. The van der Waals surface area contributed by atoms with Crippen molar-refractivity contribution >= 4 is 39.2 Å². The fourth-order valence-corrected chi connectivity index (χ4v) is 4.02. The molecule has 0 aromatic carbocycles. The summed E-state index contributed by atoms with van der Waals surface area (Å²) in [6.45, 7) is 2.09. The number of thiophene rings is 1. The minimum Gasteiger partial charge on any atom is -0.475 e. The average Bonchev–Trinajstić information content (AvgIpc) is 3.31. The van der Waals surface area contributed by atoms with Crippen LogP contribution in [0.25, 0.3) is 21.7 Å². The van der Waals surface area contributed by atoms with Gasteiger partial charge >= 0.3 is 12.1 Å². The summed E-state index contributed by atoms with van der Waals surface area (Å²) in [7, 11) is 1.88. The van der Waals surface area contributed by atoms with Gasteiger partial charge in [-0.3, -0.25) is 9.78 Å². The Morgan fingerprint density at radius 2 is 2.06 bits per heavy atom. The minimum atomic E-state index is -5.08. The third-order valence-electron chi connectivity index (χ3n) is 5.08. The van der Waals surface area contributed by atoms with E-state index in [2.05, 4.69) is 25.6 Å². The molecule has 182 valence electrons. The molecule has 0 aliphatic carbocycles. The summed E-state index contributed by atoms with van der Waals surface area (Å²) in [5, 5.41) is 16.6. The van der Waals surface area contributed by atoms with E-state index in [1.165, 1.54) is 0 Å². The van der Waals surface area contributed by atoms with Gasteiger partial charge < -0.3 is 20.6 Å². The van der Waals surface area contributed by atoms with Gasteiger partial charge in [-0.05, 0) is 43.0 Å². The number of aromatic nitrogens is 3. The SMILES string of the molecule is CN(C(=O)CNc1nc(-c2ccccn2)nc2sccc12)C1CCCNC1.O=C(O)C(F)(F)F. The summed E-state index contributed by atoms with van der Waals surface area (Å²) < 4.78 is 31.7. The number of amides is 1. The molecule has 0 radical (unpaired) electrons. The number of carboxylic acids is 1. The second-order valence-electron chi connectivity index (χ2n) is 7.41. The van der Waals surface area contributed by atoms with E-state index >= 15 is 0 Å². The predicted octanol–water partition coefficient (Wildman–Crippen LogP) is 3.01. The van der Waals surface area contributed by atoms with Crippen molar-refractivity contribution in [3.05, 3.63) is 35.8 Å². The highest BCUT2D eigenvalue weighted by molar-refractivity contribution is 7.16. The van der Waals surface area contributed by atoms with Crippen molar-refractivity contribution in [1.29, 1.82) is 0 Å². The van der Waals surface area contributed by atoms with Crippen molar-refractivity contribution in [2.24, 2.45) is 0 Å². The smallest absolute Gasteiger partial charge is 0.475 e. The molecule has 0 bridgehead atoms. The van der Waals surface area contributed by atoms with Crippen LogP contribution in [0.3, 0.4) is 0 Å². The third kappa shape index (κ3) is 6.60. The molecule has 9 nitrogen and oxygen atoms in total. The third-order valence-corrected chi connectivity index (χ3v) is 5.89. The Morgan fingerprint density at radius 3 is 2.68 bits per heavy atom. The standard InChI is InChI=1S/C19H22N6OS.C2HF3O2/c1-25(13-5-4-8-20-11-13)16(26)12-22-17-14-7-10-27-19(14)24-18(23-17)15-6-2-3-9-21-15;3-2(4,5)1(6)7/h2-3,6-7,9-10,13,20H,4-5,8,11-12H2,1H3,(H,22,23,24);(H,6,7). The highest BCUT2D eigenvalue weighted by atomic mass is 32.1. The normalized spacial score (nSPS) is 15.8. The number of hydrogen-bond donors (Lipinski definition) is 3. The predicted molar refractivity (Wildman–Crippen MR) is 121 cm³/mol. The number of nitrogens with one attached hydrogen (secondary N) is 2. The molecule has 3 N–H and O–H groups in total. The van der Waals surface area contributed by atoms with Gasteiger partial charge in [-0.15, -0.1) is 11.3 Å². The van der Waals surface area contributed by atoms with Crippen LogP contribution in [-0.4, -0.2) is 75.7 Å². The van der Waals surface area contributed by atoms with Crippen molar-refractivity contribution in [1.82, 2.24) is 25.2 Å². The van der Waals surface area contributed by atoms with Crippen molar-refractivity contribution in [3.63, 3.8) is 0 Å². The number of halogens is 3. The molecule has 4 rings (SSSR count). The molecule has 0 saturated carbocycles. The monoisotopic (exact) mass is 496 g/mol. The number of rotatable bonds is 5. The number of anilines is 1. The molecule has 34 heavy (non-hydrogen) atoms. The molecule has 4 heterocycles. The van der Waals surface area contributed by atoms with E-state index in [1.807, 2.05) is 41.6 Å². The fourth-order valence-electron chi connectivity index (χ4n) is 3.25. The van der Waals surface area contributed by atoms with Crippen molar-refractivity contribution in [2.75, 3.05) is 32.0 Å². The maximum atomic E-state index is 12.6. The van der Waals surface area contributed by atoms with Crippen LogP contribution < -0.4 is 10.6 Å². The molecule has 0 spiro atoms. The Balaban J connectivity index is 0.000000406. The number of alkyl halides is 3. The molecular formula is C21H23F3N6O3S. The quantitative estimate of drug-likeness (QED) is 0.493. The highest BCUT2D eigenvalue weighted by Crippen LogP contribution is 2.27. The van der Waals surface area contributed by atoms with Gasteiger partial charge in [0.15, 0.2) is 5.82 Å². The van der Waals surface area contributed by atoms with Gasteiger partial charge in [0.1, 0.15) is 16.3 Å². The summed E-state index contributed by atoms with van der Waals surface area (Å²) in [6, 6.07) is 7.88. The van der Waals surface area contributed by atoms with Crippen LogP contribution in [0.4, 0.5) is 19.0 Å². The van der Waals surface area contributed by atoms with Crippen LogP contribution in [-0.2, 0) is 9.59 Å². The van der Waals surface area contributed by atoms with Gasteiger partial charge in [0.25, 0.3) is 0 Å². The van der Waals surface area contributed by atoms with Gasteiger partial charge in [-0.1, -0.05) is 6.07 Å². The van der Waals surface area contributed by atoms with Gasteiger partial charge in [-0.2, -0.15) is 13.2 Å². The van der Waals surface area contributed by atoms with Gasteiger partial charge in [-0.25, -0.2) is 14.8 Å². The lowest BCUT2D eigenvalue weighted by atomic mass is 10.1. The number of likely N-dealkylation sites (N-methyl/N-ethyl adjacent to an activating group) is 1. The van der Waals surface area contributed by atoms with E-state index in [0.29, 0.717) is 17.3 Å². The molecule has 1 fully saturated rings. The zero-order chi connectivity index (χ0) is 24.7. The fraction of sp³-hybridized carbons (Fsp3) is 0.381. The number of carbonyl (C=O) groups is 2. The van der Waals surface area contributed by atoms with Crippen molar-refractivity contribution < 1.29 is 27.9 Å². The summed E-state index contributed by atoms with van der Waals surface area (Å²) in [6.07, 6.45) is -1.22. The van der Waals surface area contributed by atoms with E-state index < -0.39 is 12.1 Å².